The van der Waals surface area contributed by atoms with Crippen LogP contribution in [0, 0.1) is 0 Å². The van der Waals surface area contributed by atoms with Gasteiger partial charge in [0.05, 0.1) is 11.0 Å². The predicted molar refractivity (Wildman–Crippen MR) is 243 cm³/mol. The first-order valence-electron chi connectivity index (χ1n) is 16.9. The number of ketones is 2. The number of aromatic hydroxyl groups is 2. The molecule has 1 aliphatic carbocycles. The van der Waals surface area contributed by atoms with E-state index in [-0.39, 0.29) is 18.9 Å². The first-order chi connectivity index (χ1) is 27.2. The van der Waals surface area contributed by atoms with Gasteiger partial charge in [-0.05, 0) is 94.7 Å². The van der Waals surface area contributed by atoms with Crippen molar-refractivity contribution in [2.45, 2.75) is 14.4 Å². The third-order valence-corrected chi connectivity index (χ3v) is 10.5. The molecule has 0 spiro atoms. The van der Waals surface area contributed by atoms with E-state index in [0.29, 0.717) is 23.0 Å². The van der Waals surface area contributed by atoms with Gasteiger partial charge < -0.3 is 20.3 Å². The number of phenols is 2. The van der Waals surface area contributed by atoms with Crippen LogP contribution in [0.1, 0.15) is 45.4 Å². The van der Waals surface area contributed by atoms with Gasteiger partial charge in [-0.15, -0.1) is 0 Å². The zero-order valence-corrected chi connectivity index (χ0v) is 35.9. The van der Waals surface area contributed by atoms with Crippen LogP contribution in [0.5, 0.6) is 11.5 Å². The molecule has 0 saturated heterocycles. The Morgan fingerprint density at radius 1 is 0.603 bits per heavy atom. The van der Waals surface area contributed by atoms with E-state index in [2.05, 4.69) is 105 Å². The number of halogens is 4. The van der Waals surface area contributed by atoms with Crippen LogP contribution in [0.15, 0.2) is 139 Å². The summed E-state index contributed by atoms with van der Waals surface area (Å²) in [4.78, 5) is 51.5. The lowest BCUT2D eigenvalue weighted by Crippen LogP contribution is -2.21. The largest absolute Gasteiger partial charge is 0.508 e. The fraction of sp³-hybridized carbons (Fsp3) is 0.0444. The van der Waals surface area contributed by atoms with E-state index in [1.165, 1.54) is 17.5 Å². The number of carboxylic acids is 1. The van der Waals surface area contributed by atoms with Gasteiger partial charge in [-0.25, -0.2) is 4.98 Å². The fourth-order valence-corrected chi connectivity index (χ4v) is 7.62. The number of carbonyl (C=O) groups excluding carboxylic acids is 3. The number of carboxylic acid groups (broad SMARTS) is 1. The molecule has 0 unspecified atom stereocenters. The molecular weight excluding hydrogens is 1000 g/mol. The van der Waals surface area contributed by atoms with E-state index < -0.39 is 17.5 Å². The average molecular weight is 1030 g/mol. The summed E-state index contributed by atoms with van der Waals surface area (Å²) >= 11 is 13.8. The Hall–Kier alpha value is -5.47. The maximum Gasteiger partial charge on any atom is 0.300 e. The van der Waals surface area contributed by atoms with E-state index in [1.54, 1.807) is 36.4 Å². The number of nitrogens with one attached hydrogen (secondary N) is 1. The molecule has 9 nitrogen and oxygen atoms in total. The molecule has 0 saturated carbocycles. The second-order valence-corrected chi connectivity index (χ2v) is 16.2. The number of imidazole rings is 1. The first-order valence-corrected chi connectivity index (χ1v) is 20.0. The smallest absolute Gasteiger partial charge is 0.300 e. The third kappa shape index (κ3) is 9.79. The van der Waals surface area contributed by atoms with Crippen molar-refractivity contribution in [3.63, 3.8) is 0 Å². The van der Waals surface area contributed by atoms with Crippen LogP contribution in [0.25, 0.3) is 55.1 Å². The topological polar surface area (TPSA) is 158 Å². The van der Waals surface area contributed by atoms with Gasteiger partial charge in [0.15, 0.2) is 0 Å². The van der Waals surface area contributed by atoms with E-state index in [1.807, 2.05) is 36.4 Å². The molecule has 1 heterocycles. The minimum absolute atomic E-state index is 0. The van der Waals surface area contributed by atoms with Crippen LogP contribution >= 0.6 is 63.7 Å². The molecule has 292 valence electrons. The standard InChI is InChI=1S/C21H12Br2N2O.C14H6Br2O2.C7H6O2.C2H4O2.CH4/c22-12-4-6-15-16-7-5-13(23)10-18(16)20-19(17(15)9-12)24-21(25-20)11-2-1-3-14(26)8-11;15-7-1-3-9-10-4-2-8(16)6-12(10)14(18)13(17)11(9)5-7;8-5-6-2-1-3-7(9)4-6;1-2(3)4;/h1-10,26H,(H,24,25);1-6H;1-5,9H;1H3,(H,3,4);1H4. The number of Topliss-reactive ketones (excluding diaryl/α,β-unsaturated/α-hetero) is 2. The van der Waals surface area contributed by atoms with Crippen LogP contribution in [-0.2, 0) is 4.79 Å². The maximum absolute atomic E-state index is 12.1. The van der Waals surface area contributed by atoms with Crippen LogP contribution in [-0.4, -0.2) is 49.1 Å². The van der Waals surface area contributed by atoms with Crippen LogP contribution in [0.3, 0.4) is 0 Å². The summed E-state index contributed by atoms with van der Waals surface area (Å²) < 4.78 is 3.63. The lowest BCUT2D eigenvalue weighted by atomic mass is 9.84. The lowest BCUT2D eigenvalue weighted by molar-refractivity contribution is -0.134. The van der Waals surface area contributed by atoms with Crippen molar-refractivity contribution < 1.29 is 34.5 Å². The second kappa shape index (κ2) is 18.9. The first kappa shape index (κ1) is 43.6. The number of hydrogen-bond donors (Lipinski definition) is 4. The second-order valence-electron chi connectivity index (χ2n) is 12.5. The third-order valence-electron chi connectivity index (χ3n) is 8.56. The summed E-state index contributed by atoms with van der Waals surface area (Å²) in [7, 11) is 0. The van der Waals surface area contributed by atoms with Crippen molar-refractivity contribution in [1.82, 2.24) is 9.97 Å². The molecule has 0 fully saturated rings. The minimum atomic E-state index is -0.833. The number of aromatic nitrogens is 2. The molecule has 0 aliphatic heterocycles. The zero-order valence-electron chi connectivity index (χ0n) is 29.6. The van der Waals surface area contributed by atoms with Gasteiger partial charge in [0.25, 0.3) is 5.97 Å². The summed E-state index contributed by atoms with van der Waals surface area (Å²) in [6.07, 6.45) is 0.694. The summed E-state index contributed by atoms with van der Waals surface area (Å²) in [5.74, 6) is -0.638. The molecule has 0 amide bonds. The Kier molecular flexibility index (Phi) is 14.2. The van der Waals surface area contributed by atoms with Crippen molar-refractivity contribution in [2.75, 3.05) is 0 Å². The van der Waals surface area contributed by atoms with Crippen molar-refractivity contribution in [2.24, 2.45) is 0 Å². The van der Waals surface area contributed by atoms with E-state index >= 15 is 0 Å². The van der Waals surface area contributed by atoms with Gasteiger partial charge >= 0.3 is 0 Å². The normalized spacial score (nSPS) is 11.1. The highest BCUT2D eigenvalue weighted by Crippen LogP contribution is 2.39. The Labute approximate surface area is 366 Å². The molecule has 9 rings (SSSR count). The number of phenolic OH excluding ortho intramolecular Hbond substituents is 2. The molecule has 8 aromatic rings. The SMILES string of the molecule is C.CC(=O)O.O=C1C(=O)c2cc(Br)ccc2-c2ccc(Br)cc21.O=Cc1cccc(O)c1.Oc1cccc(-c2nc3c4cc(Br)ccc4c4ccc(Br)cc4c3[nH]2)c1. The molecule has 1 aromatic heterocycles. The zero-order chi connectivity index (χ0) is 41.0. The molecule has 0 bridgehead atoms. The van der Waals surface area contributed by atoms with Crippen molar-refractivity contribution >= 4 is 120 Å². The van der Waals surface area contributed by atoms with Crippen molar-refractivity contribution in [3.8, 4) is 34.0 Å². The average Bonchev–Trinajstić information content (AvgIpc) is 3.64. The lowest BCUT2D eigenvalue weighted by Gasteiger charge is -2.18. The van der Waals surface area contributed by atoms with Crippen molar-refractivity contribution in [3.05, 3.63) is 156 Å². The van der Waals surface area contributed by atoms with E-state index in [0.717, 1.165) is 74.5 Å². The number of aldehydes is 1. The van der Waals surface area contributed by atoms with Gasteiger partial charge in [0, 0.05) is 57.8 Å². The Morgan fingerprint density at radius 2 is 1.07 bits per heavy atom. The highest BCUT2D eigenvalue weighted by Gasteiger charge is 2.30. The highest BCUT2D eigenvalue weighted by molar-refractivity contribution is 9.11. The molecule has 58 heavy (non-hydrogen) atoms. The number of hydrogen-bond acceptors (Lipinski definition) is 7. The monoisotopic (exact) mass is 1030 g/mol. The highest BCUT2D eigenvalue weighted by atomic mass is 79.9. The number of carbonyl (C=O) groups is 4. The molecule has 4 N–H and O–H groups in total. The fourth-order valence-electron chi connectivity index (χ4n) is 6.18. The molecule has 0 radical (unpaired) electrons. The van der Waals surface area contributed by atoms with Gasteiger partial charge in [-0.1, -0.05) is 120 Å². The maximum atomic E-state index is 12.1. The Morgan fingerprint density at radius 3 is 1.57 bits per heavy atom. The van der Waals surface area contributed by atoms with E-state index in [9.17, 15) is 19.5 Å². The number of benzene rings is 7. The number of aromatic amines is 1. The summed E-state index contributed by atoms with van der Waals surface area (Å²) in [6, 6.07) is 36.7. The van der Waals surface area contributed by atoms with Gasteiger partial charge in [0.1, 0.15) is 23.6 Å². The van der Waals surface area contributed by atoms with Gasteiger partial charge in [-0.3, -0.25) is 19.2 Å². The Balaban J connectivity index is 0.000000173. The summed E-state index contributed by atoms with van der Waals surface area (Å²) in [6.45, 7) is 1.08. The van der Waals surface area contributed by atoms with Crippen LogP contribution < -0.4 is 0 Å². The summed E-state index contributed by atoms with van der Waals surface area (Å²) in [5.41, 5.74) is 5.81. The molecule has 1 aliphatic rings. The number of nitrogens with zero attached hydrogens (tertiary/aromatic N) is 1. The van der Waals surface area contributed by atoms with Gasteiger partial charge in [0.2, 0.25) is 11.6 Å². The number of rotatable bonds is 2. The summed E-state index contributed by atoms with van der Waals surface area (Å²) in [5, 5.41) is 30.6. The molecular formula is C45H32Br4N2O7. The number of H-pyrrole nitrogens is 1. The minimum Gasteiger partial charge on any atom is -0.508 e. The predicted octanol–water partition coefficient (Wildman–Crippen LogP) is 13.0. The molecule has 7 aromatic carbocycles. The van der Waals surface area contributed by atoms with Crippen molar-refractivity contribution in [1.29, 1.82) is 0 Å². The van der Waals surface area contributed by atoms with E-state index in [4.69, 9.17) is 20.0 Å². The van der Waals surface area contributed by atoms with Crippen LogP contribution in [0.4, 0.5) is 0 Å². The quantitative estimate of drug-likeness (QED) is 0.0757. The van der Waals surface area contributed by atoms with Gasteiger partial charge in [-0.2, -0.15) is 0 Å². The molecule has 0 atom stereocenters. The number of aliphatic carboxylic acids is 1. The molecule has 13 heteroatoms. The van der Waals surface area contributed by atoms with Crippen LogP contribution in [0.2, 0.25) is 0 Å². The Bertz CT molecular complexity index is 2750. The number of fused-ring (bicyclic) bond motifs is 9.